The molecule has 1 aromatic rings. The number of halogens is 3. The van der Waals surface area contributed by atoms with Crippen LogP contribution >= 0.6 is 0 Å². The quantitative estimate of drug-likeness (QED) is 0.379. The summed E-state index contributed by atoms with van der Waals surface area (Å²) in [5.74, 6) is -0.832. The van der Waals surface area contributed by atoms with Crippen molar-refractivity contribution in [3.05, 3.63) is 35.4 Å². The summed E-state index contributed by atoms with van der Waals surface area (Å²) in [6.07, 6.45) is -4.53. The standard InChI is InChI=1S/C13H16F3N3O2/c1-2-19(8-7-11(17)18-21)12(20)9-5-3-4-6-10(9)13(14,15)16/h3-6,21H,2,7-8H2,1H3,(H2,17,18). The minimum atomic E-state index is -4.60. The van der Waals surface area contributed by atoms with E-state index in [4.69, 9.17) is 10.9 Å². The molecule has 1 rings (SSSR count). The Labute approximate surface area is 119 Å². The Kier molecular flexibility index (Phi) is 5.57. The number of carbonyl (C=O) groups excluding carboxylic acids is 1. The van der Waals surface area contributed by atoms with Crippen LogP contribution in [0.4, 0.5) is 13.2 Å². The topological polar surface area (TPSA) is 78.9 Å². The molecule has 0 aliphatic carbocycles. The Morgan fingerprint density at radius 1 is 1.38 bits per heavy atom. The molecule has 116 valence electrons. The molecule has 21 heavy (non-hydrogen) atoms. The van der Waals surface area contributed by atoms with Gasteiger partial charge in [0.2, 0.25) is 0 Å². The first-order valence-electron chi connectivity index (χ1n) is 6.23. The zero-order valence-corrected chi connectivity index (χ0v) is 11.4. The molecular formula is C13H16F3N3O2. The van der Waals surface area contributed by atoms with Gasteiger partial charge in [0.05, 0.1) is 11.1 Å². The Morgan fingerprint density at radius 3 is 2.52 bits per heavy atom. The molecule has 0 unspecified atom stereocenters. The van der Waals surface area contributed by atoms with E-state index in [2.05, 4.69) is 5.16 Å². The van der Waals surface area contributed by atoms with Gasteiger partial charge in [0.15, 0.2) is 0 Å². The highest BCUT2D eigenvalue weighted by atomic mass is 19.4. The van der Waals surface area contributed by atoms with Crippen LogP contribution in [0.25, 0.3) is 0 Å². The maximum absolute atomic E-state index is 12.9. The Hall–Kier alpha value is -2.25. The van der Waals surface area contributed by atoms with Crippen molar-refractivity contribution < 1.29 is 23.2 Å². The lowest BCUT2D eigenvalue weighted by molar-refractivity contribution is -0.138. The normalized spacial score (nSPS) is 12.3. The van der Waals surface area contributed by atoms with Gasteiger partial charge in [-0.15, -0.1) is 0 Å². The van der Waals surface area contributed by atoms with Gasteiger partial charge < -0.3 is 15.8 Å². The van der Waals surface area contributed by atoms with Crippen LogP contribution in [-0.4, -0.2) is 34.9 Å². The highest BCUT2D eigenvalue weighted by molar-refractivity contribution is 5.96. The van der Waals surface area contributed by atoms with Gasteiger partial charge in [-0.25, -0.2) is 0 Å². The molecule has 8 heteroatoms. The number of nitrogens with zero attached hydrogens (tertiary/aromatic N) is 2. The number of hydrogen-bond donors (Lipinski definition) is 2. The van der Waals surface area contributed by atoms with Crippen LogP contribution in [0.5, 0.6) is 0 Å². The summed E-state index contributed by atoms with van der Waals surface area (Å²) in [6, 6.07) is 4.61. The Morgan fingerprint density at radius 2 is 2.00 bits per heavy atom. The number of alkyl halides is 3. The average Bonchev–Trinajstić information content (AvgIpc) is 2.46. The van der Waals surface area contributed by atoms with Crippen LogP contribution in [0.2, 0.25) is 0 Å². The van der Waals surface area contributed by atoms with E-state index in [1.807, 2.05) is 0 Å². The van der Waals surface area contributed by atoms with E-state index >= 15 is 0 Å². The van der Waals surface area contributed by atoms with Gasteiger partial charge >= 0.3 is 6.18 Å². The molecule has 0 spiro atoms. The molecule has 3 N–H and O–H groups in total. The van der Waals surface area contributed by atoms with Crippen molar-refractivity contribution in [3.8, 4) is 0 Å². The number of amides is 1. The third-order valence-corrected chi connectivity index (χ3v) is 2.90. The van der Waals surface area contributed by atoms with Crippen LogP contribution < -0.4 is 5.73 Å². The van der Waals surface area contributed by atoms with E-state index < -0.39 is 23.2 Å². The van der Waals surface area contributed by atoms with Gasteiger partial charge in [-0.3, -0.25) is 4.79 Å². The van der Waals surface area contributed by atoms with E-state index in [1.165, 1.54) is 17.0 Å². The van der Waals surface area contributed by atoms with E-state index in [9.17, 15) is 18.0 Å². The van der Waals surface area contributed by atoms with E-state index in [1.54, 1.807) is 6.92 Å². The maximum Gasteiger partial charge on any atom is 0.417 e. The van der Waals surface area contributed by atoms with Gasteiger partial charge in [0.25, 0.3) is 5.91 Å². The lowest BCUT2D eigenvalue weighted by Crippen LogP contribution is -2.35. The number of amidine groups is 1. The molecule has 0 fully saturated rings. The molecule has 0 aliphatic heterocycles. The van der Waals surface area contributed by atoms with Crippen molar-refractivity contribution in [2.75, 3.05) is 13.1 Å². The summed E-state index contributed by atoms with van der Waals surface area (Å²) in [7, 11) is 0. The molecule has 1 aromatic carbocycles. The molecule has 1 amide bonds. The molecule has 0 bridgehead atoms. The smallest absolute Gasteiger partial charge is 0.409 e. The molecule has 0 aromatic heterocycles. The summed E-state index contributed by atoms with van der Waals surface area (Å²) in [5, 5.41) is 11.2. The summed E-state index contributed by atoms with van der Waals surface area (Å²) in [6.45, 7) is 1.92. The number of oxime groups is 1. The fraction of sp³-hybridized carbons (Fsp3) is 0.385. The van der Waals surface area contributed by atoms with Gasteiger partial charge in [-0.2, -0.15) is 13.2 Å². The predicted molar refractivity (Wildman–Crippen MR) is 71.0 cm³/mol. The van der Waals surface area contributed by atoms with Crippen molar-refractivity contribution in [3.63, 3.8) is 0 Å². The zero-order valence-electron chi connectivity index (χ0n) is 11.4. The number of carbonyl (C=O) groups is 1. The number of nitrogens with two attached hydrogens (primary N) is 1. The minimum Gasteiger partial charge on any atom is -0.409 e. The first kappa shape index (κ1) is 16.8. The molecular weight excluding hydrogens is 287 g/mol. The van der Waals surface area contributed by atoms with Crippen LogP contribution in [0, 0.1) is 0 Å². The predicted octanol–water partition coefficient (Wildman–Crippen LogP) is 2.30. The van der Waals surface area contributed by atoms with E-state index in [-0.39, 0.29) is 25.3 Å². The highest BCUT2D eigenvalue weighted by Gasteiger charge is 2.35. The van der Waals surface area contributed by atoms with Crippen LogP contribution in [0.3, 0.4) is 0 Å². The Bertz CT molecular complexity index is 530. The third kappa shape index (κ3) is 4.37. The monoisotopic (exact) mass is 303 g/mol. The summed E-state index contributed by atoms with van der Waals surface area (Å²) in [5.41, 5.74) is 3.91. The molecule has 0 atom stereocenters. The lowest BCUT2D eigenvalue weighted by atomic mass is 10.1. The maximum atomic E-state index is 12.9. The van der Waals surface area contributed by atoms with Crippen LogP contribution in [-0.2, 0) is 6.18 Å². The van der Waals surface area contributed by atoms with Crippen molar-refractivity contribution in [1.29, 1.82) is 0 Å². The molecule has 0 heterocycles. The van der Waals surface area contributed by atoms with Gasteiger partial charge in [-0.1, -0.05) is 17.3 Å². The molecule has 0 radical (unpaired) electrons. The first-order valence-corrected chi connectivity index (χ1v) is 6.23. The molecule has 0 saturated heterocycles. The largest absolute Gasteiger partial charge is 0.417 e. The number of rotatable bonds is 5. The second-order valence-corrected chi connectivity index (χ2v) is 4.27. The zero-order chi connectivity index (χ0) is 16.0. The lowest BCUT2D eigenvalue weighted by Gasteiger charge is -2.22. The fourth-order valence-electron chi connectivity index (χ4n) is 1.79. The second kappa shape index (κ2) is 6.96. The highest BCUT2D eigenvalue weighted by Crippen LogP contribution is 2.32. The van der Waals surface area contributed by atoms with Crippen molar-refractivity contribution in [1.82, 2.24) is 4.90 Å². The van der Waals surface area contributed by atoms with Gasteiger partial charge in [-0.05, 0) is 19.1 Å². The molecule has 0 saturated carbocycles. The second-order valence-electron chi connectivity index (χ2n) is 4.27. The SMILES string of the molecule is CCN(CCC(N)=NO)C(=O)c1ccccc1C(F)(F)F. The number of hydrogen-bond acceptors (Lipinski definition) is 3. The summed E-state index contributed by atoms with van der Waals surface area (Å²) < 4.78 is 38.7. The van der Waals surface area contributed by atoms with Crippen molar-refractivity contribution in [2.45, 2.75) is 19.5 Å². The Balaban J connectivity index is 3.01. The first-order chi connectivity index (χ1) is 9.81. The third-order valence-electron chi connectivity index (χ3n) is 2.90. The van der Waals surface area contributed by atoms with Crippen LogP contribution in [0.15, 0.2) is 29.4 Å². The fourth-order valence-corrected chi connectivity index (χ4v) is 1.79. The summed E-state index contributed by atoms with van der Waals surface area (Å²) in [4.78, 5) is 13.4. The number of benzene rings is 1. The minimum absolute atomic E-state index is 0.0669. The van der Waals surface area contributed by atoms with Crippen molar-refractivity contribution >= 4 is 11.7 Å². The van der Waals surface area contributed by atoms with Gasteiger partial charge in [0, 0.05) is 19.5 Å². The van der Waals surface area contributed by atoms with Gasteiger partial charge in [0.1, 0.15) is 5.84 Å². The molecule has 0 aliphatic rings. The summed E-state index contributed by atoms with van der Waals surface area (Å²) >= 11 is 0. The van der Waals surface area contributed by atoms with E-state index in [0.717, 1.165) is 12.1 Å². The molecule has 5 nitrogen and oxygen atoms in total. The van der Waals surface area contributed by atoms with Crippen molar-refractivity contribution in [2.24, 2.45) is 10.9 Å². The van der Waals surface area contributed by atoms with Crippen LogP contribution in [0.1, 0.15) is 29.3 Å². The van der Waals surface area contributed by atoms with E-state index in [0.29, 0.717) is 0 Å². The average molecular weight is 303 g/mol.